The number of benzene rings is 2. The lowest BCUT2D eigenvalue weighted by molar-refractivity contribution is 0.416. The summed E-state index contributed by atoms with van der Waals surface area (Å²) in [4.78, 5) is 0. The molecule has 0 aliphatic rings. The largest absolute Gasteiger partial charge is 0.496 e. The molecule has 0 aromatic heterocycles. The van der Waals surface area contributed by atoms with Gasteiger partial charge in [-0.1, -0.05) is 30.7 Å². The van der Waals surface area contributed by atoms with E-state index in [4.69, 9.17) is 4.74 Å². The van der Waals surface area contributed by atoms with Gasteiger partial charge >= 0.3 is 0 Å². The quantitative estimate of drug-likeness (QED) is 0.799. The van der Waals surface area contributed by atoms with Crippen molar-refractivity contribution in [1.82, 2.24) is 5.32 Å². The smallest absolute Gasteiger partial charge is 0.128 e. The van der Waals surface area contributed by atoms with Crippen LogP contribution in [0.2, 0.25) is 0 Å². The highest BCUT2D eigenvalue weighted by Gasteiger charge is 2.09. The van der Waals surface area contributed by atoms with Gasteiger partial charge < -0.3 is 10.1 Å². The summed E-state index contributed by atoms with van der Waals surface area (Å²) in [6, 6.07) is 11.3. The van der Waals surface area contributed by atoms with Gasteiger partial charge in [0.15, 0.2) is 0 Å². The van der Waals surface area contributed by atoms with Crippen LogP contribution in [0.3, 0.4) is 0 Å². The van der Waals surface area contributed by atoms with Crippen molar-refractivity contribution in [3.05, 3.63) is 53.3 Å². The van der Waals surface area contributed by atoms with Gasteiger partial charge in [-0.25, -0.2) is 4.39 Å². The number of methoxy groups -OCH3 is 1. The predicted octanol–water partition coefficient (Wildman–Crippen LogP) is 4.31. The van der Waals surface area contributed by atoms with E-state index in [0.29, 0.717) is 12.1 Å². The van der Waals surface area contributed by atoms with Crippen molar-refractivity contribution in [2.45, 2.75) is 26.8 Å². The molecule has 0 bridgehead atoms. The molecule has 0 amide bonds. The van der Waals surface area contributed by atoms with Crippen molar-refractivity contribution in [2.75, 3.05) is 13.7 Å². The maximum absolute atomic E-state index is 14.2. The third-order valence-electron chi connectivity index (χ3n) is 3.46. The van der Waals surface area contributed by atoms with E-state index in [1.54, 1.807) is 13.2 Å². The predicted molar refractivity (Wildman–Crippen MR) is 85.1 cm³/mol. The third-order valence-corrected chi connectivity index (χ3v) is 3.46. The van der Waals surface area contributed by atoms with Crippen molar-refractivity contribution in [3.8, 4) is 16.9 Å². The Labute approximate surface area is 126 Å². The van der Waals surface area contributed by atoms with Gasteiger partial charge in [0, 0.05) is 17.7 Å². The minimum atomic E-state index is -0.181. The second-order valence-electron chi connectivity index (χ2n) is 5.19. The summed E-state index contributed by atoms with van der Waals surface area (Å²) in [6.45, 7) is 5.57. The molecule has 112 valence electrons. The molecule has 2 nitrogen and oxygen atoms in total. The third kappa shape index (κ3) is 3.82. The Morgan fingerprint density at radius 3 is 2.62 bits per heavy atom. The van der Waals surface area contributed by atoms with Crippen LogP contribution in [0.15, 0.2) is 36.4 Å². The van der Waals surface area contributed by atoms with Crippen molar-refractivity contribution in [2.24, 2.45) is 0 Å². The second kappa shape index (κ2) is 7.23. The summed E-state index contributed by atoms with van der Waals surface area (Å²) >= 11 is 0. The number of ether oxygens (including phenoxy) is 1. The van der Waals surface area contributed by atoms with Gasteiger partial charge in [-0.05, 0) is 43.7 Å². The Morgan fingerprint density at radius 2 is 1.95 bits per heavy atom. The first-order valence-corrected chi connectivity index (χ1v) is 7.30. The monoisotopic (exact) mass is 287 g/mol. The van der Waals surface area contributed by atoms with Gasteiger partial charge in [-0.2, -0.15) is 0 Å². The van der Waals surface area contributed by atoms with Crippen LogP contribution in [0, 0.1) is 12.7 Å². The van der Waals surface area contributed by atoms with E-state index in [1.807, 2.05) is 37.3 Å². The zero-order chi connectivity index (χ0) is 15.2. The molecular weight excluding hydrogens is 265 g/mol. The minimum absolute atomic E-state index is 0.181. The van der Waals surface area contributed by atoms with Crippen LogP contribution in [-0.4, -0.2) is 13.7 Å². The van der Waals surface area contributed by atoms with E-state index in [0.717, 1.165) is 35.4 Å². The Bertz CT molecular complexity index is 610. The lowest BCUT2D eigenvalue weighted by Crippen LogP contribution is -2.14. The van der Waals surface area contributed by atoms with E-state index in [9.17, 15) is 4.39 Å². The molecule has 0 heterocycles. The summed E-state index contributed by atoms with van der Waals surface area (Å²) in [5.41, 5.74) is 3.58. The molecule has 0 aliphatic carbocycles. The molecule has 0 saturated heterocycles. The SMILES string of the molecule is CCCNCc1ccc(-c2cc(C)ccc2OC)cc1F. The Kier molecular flexibility index (Phi) is 5.34. The highest BCUT2D eigenvalue weighted by molar-refractivity contribution is 5.71. The second-order valence-corrected chi connectivity index (χ2v) is 5.19. The summed E-state index contributed by atoms with van der Waals surface area (Å²) in [7, 11) is 1.63. The zero-order valence-electron chi connectivity index (χ0n) is 12.9. The summed E-state index contributed by atoms with van der Waals surface area (Å²) in [6.07, 6.45) is 1.04. The maximum Gasteiger partial charge on any atom is 0.128 e. The number of hydrogen-bond donors (Lipinski definition) is 1. The standard InChI is InChI=1S/C18H22FNO/c1-4-9-20-12-15-7-6-14(11-17(15)19)16-10-13(2)5-8-18(16)21-3/h5-8,10-11,20H,4,9,12H2,1-3H3. The van der Waals surface area contributed by atoms with Crippen molar-refractivity contribution < 1.29 is 9.13 Å². The molecule has 3 heteroatoms. The van der Waals surface area contributed by atoms with Crippen LogP contribution >= 0.6 is 0 Å². The van der Waals surface area contributed by atoms with Crippen molar-refractivity contribution in [3.63, 3.8) is 0 Å². The number of rotatable bonds is 6. The average molecular weight is 287 g/mol. The fourth-order valence-electron chi connectivity index (χ4n) is 2.31. The van der Waals surface area contributed by atoms with Gasteiger partial charge in [-0.3, -0.25) is 0 Å². The van der Waals surface area contributed by atoms with E-state index in [2.05, 4.69) is 12.2 Å². The maximum atomic E-state index is 14.2. The summed E-state index contributed by atoms with van der Waals surface area (Å²) in [5, 5.41) is 3.22. The summed E-state index contributed by atoms with van der Waals surface area (Å²) in [5.74, 6) is 0.580. The molecule has 21 heavy (non-hydrogen) atoms. The molecule has 0 radical (unpaired) electrons. The van der Waals surface area contributed by atoms with Crippen molar-refractivity contribution in [1.29, 1.82) is 0 Å². The topological polar surface area (TPSA) is 21.3 Å². The average Bonchev–Trinajstić information content (AvgIpc) is 2.49. The van der Waals surface area contributed by atoms with Crippen molar-refractivity contribution >= 4 is 0 Å². The van der Waals surface area contributed by atoms with Crippen LogP contribution in [0.5, 0.6) is 5.75 Å². The minimum Gasteiger partial charge on any atom is -0.496 e. The molecule has 0 atom stereocenters. The van der Waals surface area contributed by atoms with Gasteiger partial charge in [0.1, 0.15) is 11.6 Å². The fraction of sp³-hybridized carbons (Fsp3) is 0.333. The first kappa shape index (κ1) is 15.5. The van der Waals surface area contributed by atoms with Gasteiger partial charge in [0.05, 0.1) is 7.11 Å². The first-order valence-electron chi connectivity index (χ1n) is 7.30. The molecule has 0 spiro atoms. The summed E-state index contributed by atoms with van der Waals surface area (Å²) < 4.78 is 19.6. The molecule has 2 aromatic carbocycles. The van der Waals surface area contributed by atoms with E-state index in [-0.39, 0.29) is 5.82 Å². The van der Waals surface area contributed by atoms with Crippen LogP contribution in [0.25, 0.3) is 11.1 Å². The van der Waals surface area contributed by atoms with E-state index >= 15 is 0 Å². The Morgan fingerprint density at radius 1 is 1.14 bits per heavy atom. The Hall–Kier alpha value is -1.87. The fourth-order valence-corrected chi connectivity index (χ4v) is 2.31. The number of nitrogens with one attached hydrogen (secondary N) is 1. The molecule has 0 unspecified atom stereocenters. The highest BCUT2D eigenvalue weighted by Crippen LogP contribution is 2.31. The molecule has 2 aromatic rings. The Balaban J connectivity index is 2.29. The molecule has 0 aliphatic heterocycles. The number of aryl methyl sites for hydroxylation is 1. The van der Waals surface area contributed by atoms with Crippen LogP contribution in [0.4, 0.5) is 4.39 Å². The molecule has 0 fully saturated rings. The normalized spacial score (nSPS) is 10.7. The van der Waals surface area contributed by atoms with E-state index in [1.165, 1.54) is 0 Å². The molecular formula is C18H22FNO. The lowest BCUT2D eigenvalue weighted by atomic mass is 10.0. The van der Waals surface area contributed by atoms with Gasteiger partial charge in [0.25, 0.3) is 0 Å². The van der Waals surface area contributed by atoms with Gasteiger partial charge in [-0.15, -0.1) is 0 Å². The van der Waals surface area contributed by atoms with Crippen LogP contribution in [0.1, 0.15) is 24.5 Å². The molecule has 2 rings (SSSR count). The zero-order valence-corrected chi connectivity index (χ0v) is 12.9. The van der Waals surface area contributed by atoms with Gasteiger partial charge in [0.2, 0.25) is 0 Å². The van der Waals surface area contributed by atoms with E-state index < -0.39 is 0 Å². The molecule has 0 saturated carbocycles. The molecule has 1 N–H and O–H groups in total. The lowest BCUT2D eigenvalue weighted by Gasteiger charge is -2.11. The van der Waals surface area contributed by atoms with Crippen LogP contribution in [-0.2, 0) is 6.54 Å². The number of hydrogen-bond acceptors (Lipinski definition) is 2. The van der Waals surface area contributed by atoms with Crippen LogP contribution < -0.4 is 10.1 Å². The number of halogens is 1. The highest BCUT2D eigenvalue weighted by atomic mass is 19.1. The first-order chi connectivity index (χ1) is 10.2.